The summed E-state index contributed by atoms with van der Waals surface area (Å²) in [7, 11) is 0. The topological polar surface area (TPSA) is 35.2 Å². The van der Waals surface area contributed by atoms with E-state index >= 15 is 0 Å². The number of anilines is 1. The number of para-hydroxylation sites is 2. The van der Waals surface area contributed by atoms with Gasteiger partial charge in [-0.2, -0.15) is 0 Å². The van der Waals surface area contributed by atoms with Crippen molar-refractivity contribution < 1.29 is 4.74 Å². The van der Waals surface area contributed by atoms with E-state index < -0.39 is 0 Å². The molecule has 2 rings (SSSR count). The maximum atomic E-state index is 5.91. The Labute approximate surface area is 113 Å². The molecule has 16 heavy (non-hydrogen) atoms. The van der Waals surface area contributed by atoms with Gasteiger partial charge in [0, 0.05) is 0 Å². The highest BCUT2D eigenvalue weighted by Gasteiger charge is 2.06. The largest absolute Gasteiger partial charge is 0.454 e. The molecule has 0 radical (unpaired) electrons. The zero-order chi connectivity index (χ0) is 11.5. The number of nitrogens with two attached hydrogens (primary N) is 1. The average molecular weight is 346 g/mol. The number of rotatable bonds is 2. The van der Waals surface area contributed by atoms with Crippen LogP contribution in [0.4, 0.5) is 5.69 Å². The first-order valence-corrected chi connectivity index (χ1v) is 6.10. The molecule has 2 nitrogen and oxygen atoms in total. The van der Waals surface area contributed by atoms with E-state index in [1.165, 1.54) is 0 Å². The van der Waals surface area contributed by atoms with E-state index in [2.05, 4.69) is 22.6 Å². The lowest BCUT2D eigenvalue weighted by Crippen LogP contribution is -1.93. The highest BCUT2D eigenvalue weighted by molar-refractivity contribution is 14.1. The molecule has 2 aromatic carbocycles. The number of ether oxygens (including phenoxy) is 1. The number of hydrogen-bond donors (Lipinski definition) is 1. The van der Waals surface area contributed by atoms with Crippen molar-refractivity contribution >= 4 is 39.9 Å². The van der Waals surface area contributed by atoms with E-state index in [9.17, 15) is 0 Å². The Morgan fingerprint density at radius 3 is 2.44 bits per heavy atom. The fraction of sp³-hybridized carbons (Fsp3) is 0. The fourth-order valence-electron chi connectivity index (χ4n) is 1.25. The Kier molecular flexibility index (Phi) is 3.56. The summed E-state index contributed by atoms with van der Waals surface area (Å²) < 4.78 is 6.73. The lowest BCUT2D eigenvalue weighted by molar-refractivity contribution is 0.481. The second-order valence-corrected chi connectivity index (χ2v) is 4.75. The summed E-state index contributed by atoms with van der Waals surface area (Å²) in [5.41, 5.74) is 6.28. The van der Waals surface area contributed by atoms with Crippen molar-refractivity contribution in [1.82, 2.24) is 0 Å². The van der Waals surface area contributed by atoms with Gasteiger partial charge in [0.2, 0.25) is 0 Å². The Morgan fingerprint density at radius 2 is 1.69 bits per heavy atom. The third-order valence-corrected chi connectivity index (χ3v) is 3.29. The van der Waals surface area contributed by atoms with Crippen molar-refractivity contribution in [2.24, 2.45) is 0 Å². The molecule has 0 amide bonds. The van der Waals surface area contributed by atoms with Gasteiger partial charge in [-0.1, -0.05) is 29.8 Å². The lowest BCUT2D eigenvalue weighted by Gasteiger charge is -2.10. The molecule has 0 heterocycles. The fourth-order valence-corrected chi connectivity index (χ4v) is 1.92. The van der Waals surface area contributed by atoms with Gasteiger partial charge in [-0.15, -0.1) is 0 Å². The molecule has 2 N–H and O–H groups in total. The van der Waals surface area contributed by atoms with E-state index in [0.29, 0.717) is 16.5 Å². The van der Waals surface area contributed by atoms with Gasteiger partial charge in [0.05, 0.1) is 14.3 Å². The van der Waals surface area contributed by atoms with Crippen LogP contribution in [-0.4, -0.2) is 0 Å². The third kappa shape index (κ3) is 2.41. The van der Waals surface area contributed by atoms with Crippen molar-refractivity contribution in [3.05, 3.63) is 51.1 Å². The molecular formula is C12H9ClINO. The lowest BCUT2D eigenvalue weighted by atomic mass is 10.3. The van der Waals surface area contributed by atoms with Crippen LogP contribution in [0.3, 0.4) is 0 Å². The third-order valence-electron chi connectivity index (χ3n) is 2.07. The molecule has 82 valence electrons. The Morgan fingerprint density at radius 1 is 1.00 bits per heavy atom. The Hall–Kier alpha value is -0.940. The summed E-state index contributed by atoms with van der Waals surface area (Å²) in [6, 6.07) is 13.1. The zero-order valence-electron chi connectivity index (χ0n) is 8.28. The number of halogens is 2. The van der Waals surface area contributed by atoms with Crippen molar-refractivity contribution in [1.29, 1.82) is 0 Å². The standard InChI is InChI=1S/C12H9ClINO/c13-8-4-3-7-11(12(8)15)16-10-6-2-1-5-9(10)14/h1-7H,15H2. The maximum absolute atomic E-state index is 5.91. The second kappa shape index (κ2) is 4.93. The van der Waals surface area contributed by atoms with Crippen molar-refractivity contribution in [2.75, 3.05) is 5.73 Å². The normalized spacial score (nSPS) is 10.1. The second-order valence-electron chi connectivity index (χ2n) is 3.18. The van der Waals surface area contributed by atoms with E-state index in [1.807, 2.05) is 30.3 Å². The van der Waals surface area contributed by atoms with Crippen LogP contribution in [0.5, 0.6) is 11.5 Å². The monoisotopic (exact) mass is 345 g/mol. The number of hydrogen-bond acceptors (Lipinski definition) is 2. The average Bonchev–Trinajstić information content (AvgIpc) is 2.28. The maximum Gasteiger partial charge on any atom is 0.151 e. The molecule has 0 fully saturated rings. The number of benzene rings is 2. The highest BCUT2D eigenvalue weighted by Crippen LogP contribution is 2.34. The summed E-state index contributed by atoms with van der Waals surface area (Å²) in [6.45, 7) is 0. The Bertz CT molecular complexity index is 516. The van der Waals surface area contributed by atoms with Crippen LogP contribution in [0.15, 0.2) is 42.5 Å². The van der Waals surface area contributed by atoms with Crippen LogP contribution in [0.25, 0.3) is 0 Å². The van der Waals surface area contributed by atoms with Gasteiger partial charge in [0.15, 0.2) is 5.75 Å². The van der Waals surface area contributed by atoms with Gasteiger partial charge in [0.1, 0.15) is 5.75 Å². The summed E-state index contributed by atoms with van der Waals surface area (Å²) in [5, 5.41) is 0.503. The summed E-state index contributed by atoms with van der Waals surface area (Å²) in [4.78, 5) is 0. The number of nitrogen functional groups attached to an aromatic ring is 1. The molecule has 0 atom stereocenters. The van der Waals surface area contributed by atoms with Crippen LogP contribution >= 0.6 is 34.2 Å². The molecule has 0 aliphatic carbocycles. The van der Waals surface area contributed by atoms with Gasteiger partial charge in [-0.25, -0.2) is 0 Å². The minimum absolute atomic E-state index is 0.462. The molecular weight excluding hydrogens is 336 g/mol. The minimum atomic E-state index is 0.462. The first-order valence-electron chi connectivity index (χ1n) is 4.65. The first kappa shape index (κ1) is 11.5. The molecule has 0 aromatic heterocycles. The van der Waals surface area contributed by atoms with Crippen molar-refractivity contribution in [2.45, 2.75) is 0 Å². The Balaban J connectivity index is 2.35. The van der Waals surface area contributed by atoms with Gasteiger partial charge in [0.25, 0.3) is 0 Å². The van der Waals surface area contributed by atoms with E-state index in [4.69, 9.17) is 22.1 Å². The van der Waals surface area contributed by atoms with Crippen LogP contribution in [0, 0.1) is 3.57 Å². The minimum Gasteiger partial charge on any atom is -0.454 e. The molecule has 0 saturated heterocycles. The molecule has 0 aliphatic heterocycles. The SMILES string of the molecule is Nc1c(Cl)cccc1Oc1ccccc1I. The zero-order valence-corrected chi connectivity index (χ0v) is 11.2. The molecule has 4 heteroatoms. The van der Waals surface area contributed by atoms with Gasteiger partial charge >= 0.3 is 0 Å². The van der Waals surface area contributed by atoms with Crippen LogP contribution in [-0.2, 0) is 0 Å². The van der Waals surface area contributed by atoms with E-state index in [1.54, 1.807) is 12.1 Å². The van der Waals surface area contributed by atoms with E-state index in [-0.39, 0.29) is 0 Å². The summed E-state index contributed by atoms with van der Waals surface area (Å²) >= 11 is 8.12. The first-order chi connectivity index (χ1) is 7.68. The molecule has 0 bridgehead atoms. The molecule has 0 spiro atoms. The van der Waals surface area contributed by atoms with Crippen molar-refractivity contribution in [3.8, 4) is 11.5 Å². The van der Waals surface area contributed by atoms with Crippen molar-refractivity contribution in [3.63, 3.8) is 0 Å². The highest BCUT2D eigenvalue weighted by atomic mass is 127. The summed E-state index contributed by atoms with van der Waals surface area (Å²) in [6.07, 6.45) is 0. The molecule has 2 aromatic rings. The van der Waals surface area contributed by atoms with Crippen LogP contribution < -0.4 is 10.5 Å². The predicted molar refractivity (Wildman–Crippen MR) is 75.1 cm³/mol. The van der Waals surface area contributed by atoms with Gasteiger partial charge < -0.3 is 10.5 Å². The molecule has 0 unspecified atom stereocenters. The smallest absolute Gasteiger partial charge is 0.151 e. The molecule has 0 saturated carbocycles. The van der Waals surface area contributed by atoms with Gasteiger partial charge in [-0.05, 0) is 46.9 Å². The van der Waals surface area contributed by atoms with Crippen LogP contribution in [0.2, 0.25) is 5.02 Å². The molecule has 0 aliphatic rings. The van der Waals surface area contributed by atoms with Gasteiger partial charge in [-0.3, -0.25) is 0 Å². The van der Waals surface area contributed by atoms with E-state index in [0.717, 1.165) is 9.32 Å². The summed E-state index contributed by atoms with van der Waals surface area (Å²) in [5.74, 6) is 1.36. The quantitative estimate of drug-likeness (QED) is 0.650. The van der Waals surface area contributed by atoms with Crippen LogP contribution in [0.1, 0.15) is 0 Å². The predicted octanol–water partition coefficient (Wildman–Crippen LogP) is 4.32.